The van der Waals surface area contributed by atoms with Crippen molar-refractivity contribution in [2.45, 2.75) is 6.61 Å². The van der Waals surface area contributed by atoms with Gasteiger partial charge in [0.05, 0.1) is 5.56 Å². The third-order valence-electron chi connectivity index (χ3n) is 2.45. The van der Waals surface area contributed by atoms with Crippen LogP contribution in [0.2, 0.25) is 0 Å². The number of esters is 1. The molecular formula is C14H13NO3. The number of benzene rings is 2. The standard InChI is InChI=1S/C14H13NO3/c15-12-5-3-11(4-6-12)14(17)18-9-10-1-7-13(16)8-2-10/h1-8,16H,9,15H2. The molecule has 0 amide bonds. The highest BCUT2D eigenvalue weighted by Gasteiger charge is 2.06. The molecule has 0 saturated heterocycles. The van der Waals surface area contributed by atoms with Crippen molar-refractivity contribution in [1.82, 2.24) is 0 Å². The quantitative estimate of drug-likeness (QED) is 0.641. The van der Waals surface area contributed by atoms with Gasteiger partial charge in [-0.2, -0.15) is 0 Å². The molecule has 0 aliphatic rings. The maximum absolute atomic E-state index is 11.7. The summed E-state index contributed by atoms with van der Waals surface area (Å²) < 4.78 is 5.13. The van der Waals surface area contributed by atoms with E-state index < -0.39 is 5.97 Å². The summed E-state index contributed by atoms with van der Waals surface area (Å²) in [7, 11) is 0. The van der Waals surface area contributed by atoms with Crippen LogP contribution in [-0.2, 0) is 11.3 Å². The molecule has 18 heavy (non-hydrogen) atoms. The first-order valence-electron chi connectivity index (χ1n) is 5.46. The van der Waals surface area contributed by atoms with E-state index in [1.165, 1.54) is 0 Å². The zero-order valence-electron chi connectivity index (χ0n) is 9.67. The smallest absolute Gasteiger partial charge is 0.338 e. The Morgan fingerprint density at radius 1 is 1.06 bits per heavy atom. The number of carbonyl (C=O) groups is 1. The van der Waals surface area contributed by atoms with Crippen LogP contribution in [0, 0.1) is 0 Å². The number of phenolic OH excluding ortho intramolecular Hbond substituents is 1. The minimum Gasteiger partial charge on any atom is -0.508 e. The molecule has 0 aromatic heterocycles. The molecule has 2 aromatic carbocycles. The maximum Gasteiger partial charge on any atom is 0.338 e. The van der Waals surface area contributed by atoms with Crippen LogP contribution < -0.4 is 5.73 Å². The summed E-state index contributed by atoms with van der Waals surface area (Å²) in [5.74, 6) is -0.216. The first kappa shape index (κ1) is 12.0. The number of phenols is 1. The van der Waals surface area contributed by atoms with E-state index in [1.54, 1.807) is 48.5 Å². The van der Waals surface area contributed by atoms with Crippen molar-refractivity contribution in [3.63, 3.8) is 0 Å². The predicted molar refractivity (Wildman–Crippen MR) is 68.1 cm³/mol. The maximum atomic E-state index is 11.7. The normalized spacial score (nSPS) is 10.0. The summed E-state index contributed by atoms with van der Waals surface area (Å²) in [5, 5.41) is 9.12. The molecule has 2 rings (SSSR count). The lowest BCUT2D eigenvalue weighted by molar-refractivity contribution is 0.0473. The van der Waals surface area contributed by atoms with Gasteiger partial charge in [-0.15, -0.1) is 0 Å². The second-order valence-electron chi connectivity index (χ2n) is 3.86. The number of rotatable bonds is 3. The Balaban J connectivity index is 1.96. The van der Waals surface area contributed by atoms with Gasteiger partial charge in [-0.25, -0.2) is 4.79 Å². The van der Waals surface area contributed by atoms with Gasteiger partial charge in [0.1, 0.15) is 12.4 Å². The highest BCUT2D eigenvalue weighted by molar-refractivity contribution is 5.89. The van der Waals surface area contributed by atoms with Crippen LogP contribution >= 0.6 is 0 Å². The minimum absolute atomic E-state index is 0.170. The topological polar surface area (TPSA) is 72.6 Å². The van der Waals surface area contributed by atoms with Crippen molar-refractivity contribution < 1.29 is 14.6 Å². The highest BCUT2D eigenvalue weighted by atomic mass is 16.5. The molecule has 0 bridgehead atoms. The number of aromatic hydroxyl groups is 1. The minimum atomic E-state index is -0.400. The van der Waals surface area contributed by atoms with E-state index in [-0.39, 0.29) is 12.4 Å². The molecule has 0 aliphatic carbocycles. The molecule has 0 fully saturated rings. The molecule has 2 aromatic rings. The van der Waals surface area contributed by atoms with Crippen LogP contribution in [0.1, 0.15) is 15.9 Å². The summed E-state index contributed by atoms with van der Waals surface area (Å²) in [6, 6.07) is 13.0. The number of nitrogens with two attached hydrogens (primary N) is 1. The van der Waals surface area contributed by atoms with E-state index in [9.17, 15) is 4.79 Å². The zero-order valence-corrected chi connectivity index (χ0v) is 9.67. The number of anilines is 1. The van der Waals surface area contributed by atoms with Crippen LogP contribution in [0.25, 0.3) is 0 Å². The number of hydrogen-bond acceptors (Lipinski definition) is 4. The number of hydrogen-bond donors (Lipinski definition) is 2. The second kappa shape index (κ2) is 5.23. The largest absolute Gasteiger partial charge is 0.508 e. The van der Waals surface area contributed by atoms with Crippen molar-refractivity contribution >= 4 is 11.7 Å². The Kier molecular flexibility index (Phi) is 3.48. The Hall–Kier alpha value is -2.49. The molecule has 3 N–H and O–H groups in total. The molecule has 0 aliphatic heterocycles. The third kappa shape index (κ3) is 3.01. The average Bonchev–Trinajstić information content (AvgIpc) is 2.38. The lowest BCUT2D eigenvalue weighted by atomic mass is 10.2. The fraction of sp³-hybridized carbons (Fsp3) is 0.0714. The van der Waals surface area contributed by atoms with Gasteiger partial charge in [0.25, 0.3) is 0 Å². The van der Waals surface area contributed by atoms with Crippen molar-refractivity contribution in [3.8, 4) is 5.75 Å². The molecule has 0 saturated carbocycles. The SMILES string of the molecule is Nc1ccc(C(=O)OCc2ccc(O)cc2)cc1. The fourth-order valence-corrected chi connectivity index (χ4v) is 1.44. The molecule has 0 spiro atoms. The van der Waals surface area contributed by atoms with E-state index in [2.05, 4.69) is 0 Å². The van der Waals surface area contributed by atoms with Crippen LogP contribution in [0.15, 0.2) is 48.5 Å². The summed E-state index contributed by atoms with van der Waals surface area (Å²) >= 11 is 0. The first-order valence-corrected chi connectivity index (χ1v) is 5.46. The summed E-state index contributed by atoms with van der Waals surface area (Å²) in [6.07, 6.45) is 0. The predicted octanol–water partition coefficient (Wildman–Crippen LogP) is 2.33. The lowest BCUT2D eigenvalue weighted by Crippen LogP contribution is -2.05. The van der Waals surface area contributed by atoms with Gasteiger partial charge in [0.15, 0.2) is 0 Å². The molecule has 92 valence electrons. The van der Waals surface area contributed by atoms with Crippen molar-refractivity contribution in [3.05, 3.63) is 59.7 Å². The van der Waals surface area contributed by atoms with Gasteiger partial charge >= 0.3 is 5.97 Å². The van der Waals surface area contributed by atoms with Gasteiger partial charge in [0.2, 0.25) is 0 Å². The zero-order chi connectivity index (χ0) is 13.0. The van der Waals surface area contributed by atoms with E-state index in [0.29, 0.717) is 11.3 Å². The molecule has 4 heteroatoms. The van der Waals surface area contributed by atoms with Crippen molar-refractivity contribution in [1.29, 1.82) is 0 Å². The molecule has 0 radical (unpaired) electrons. The van der Waals surface area contributed by atoms with Crippen LogP contribution in [0.3, 0.4) is 0 Å². The molecule has 4 nitrogen and oxygen atoms in total. The number of ether oxygens (including phenoxy) is 1. The van der Waals surface area contributed by atoms with Gasteiger partial charge < -0.3 is 15.6 Å². The van der Waals surface area contributed by atoms with Crippen LogP contribution in [0.5, 0.6) is 5.75 Å². The van der Waals surface area contributed by atoms with Gasteiger partial charge in [0, 0.05) is 5.69 Å². The third-order valence-corrected chi connectivity index (χ3v) is 2.45. The lowest BCUT2D eigenvalue weighted by Gasteiger charge is -2.05. The van der Waals surface area contributed by atoms with Crippen molar-refractivity contribution in [2.24, 2.45) is 0 Å². The molecule has 0 atom stereocenters. The summed E-state index contributed by atoms with van der Waals surface area (Å²) in [4.78, 5) is 11.7. The summed E-state index contributed by atoms with van der Waals surface area (Å²) in [5.41, 5.74) is 7.41. The fourth-order valence-electron chi connectivity index (χ4n) is 1.44. The van der Waals surface area contributed by atoms with Crippen molar-refractivity contribution in [2.75, 3.05) is 5.73 Å². The van der Waals surface area contributed by atoms with E-state index in [4.69, 9.17) is 15.6 Å². The second-order valence-corrected chi connectivity index (χ2v) is 3.86. The van der Waals surface area contributed by atoms with E-state index >= 15 is 0 Å². The molecule has 0 unspecified atom stereocenters. The van der Waals surface area contributed by atoms with Gasteiger partial charge in [-0.3, -0.25) is 0 Å². The van der Waals surface area contributed by atoms with Gasteiger partial charge in [-0.05, 0) is 42.0 Å². The molecule has 0 heterocycles. The summed E-state index contributed by atoms with van der Waals surface area (Å²) in [6.45, 7) is 0.170. The highest BCUT2D eigenvalue weighted by Crippen LogP contribution is 2.12. The van der Waals surface area contributed by atoms with E-state index in [0.717, 1.165) is 5.56 Å². The number of carbonyl (C=O) groups excluding carboxylic acids is 1. The first-order chi connectivity index (χ1) is 8.65. The Bertz CT molecular complexity index is 532. The van der Waals surface area contributed by atoms with Crippen LogP contribution in [0.4, 0.5) is 5.69 Å². The number of nitrogen functional groups attached to an aromatic ring is 1. The van der Waals surface area contributed by atoms with Crippen LogP contribution in [-0.4, -0.2) is 11.1 Å². The molecular weight excluding hydrogens is 230 g/mol. The Labute approximate surface area is 105 Å². The Morgan fingerprint density at radius 3 is 2.28 bits per heavy atom. The van der Waals surface area contributed by atoms with Gasteiger partial charge in [-0.1, -0.05) is 12.1 Å². The average molecular weight is 243 g/mol. The monoisotopic (exact) mass is 243 g/mol. The Morgan fingerprint density at radius 2 is 1.67 bits per heavy atom. The van der Waals surface area contributed by atoms with E-state index in [1.807, 2.05) is 0 Å².